The number of carbonyl (C=O) groups is 1. The van der Waals surface area contributed by atoms with E-state index < -0.39 is 10.0 Å². The van der Waals surface area contributed by atoms with Crippen LogP contribution in [0.5, 0.6) is 5.75 Å². The van der Waals surface area contributed by atoms with Crippen LogP contribution in [-0.4, -0.2) is 38.9 Å². The molecule has 0 atom stereocenters. The number of likely N-dealkylation sites (tertiary alicyclic amines) is 1. The average Bonchev–Trinajstić information content (AvgIpc) is 3.21. The van der Waals surface area contributed by atoms with Gasteiger partial charge >= 0.3 is 0 Å². The molecule has 1 aliphatic heterocycles. The number of ether oxygens (including phenoxy) is 1. The van der Waals surface area contributed by atoms with Crippen molar-refractivity contribution in [3.63, 3.8) is 0 Å². The Labute approximate surface area is 172 Å². The van der Waals surface area contributed by atoms with Crippen molar-refractivity contribution in [2.75, 3.05) is 24.4 Å². The molecule has 0 saturated carbocycles. The van der Waals surface area contributed by atoms with Crippen molar-refractivity contribution in [2.45, 2.75) is 44.9 Å². The zero-order valence-electron chi connectivity index (χ0n) is 17.2. The van der Waals surface area contributed by atoms with Crippen LogP contribution in [0, 0.1) is 13.8 Å². The molecule has 1 amide bonds. The number of carbonyl (C=O) groups excluding carboxylic acids is 1. The van der Waals surface area contributed by atoms with E-state index in [0.717, 1.165) is 48.4 Å². The monoisotopic (exact) mass is 416 g/mol. The Morgan fingerprint density at radius 2 is 1.66 bits per heavy atom. The second kappa shape index (κ2) is 8.86. The highest BCUT2D eigenvalue weighted by molar-refractivity contribution is 7.92. The maximum absolute atomic E-state index is 12.8. The predicted molar refractivity (Wildman–Crippen MR) is 114 cm³/mol. The van der Waals surface area contributed by atoms with Crippen LogP contribution < -0.4 is 9.46 Å². The van der Waals surface area contributed by atoms with Gasteiger partial charge < -0.3 is 9.64 Å². The molecule has 0 bridgehead atoms. The highest BCUT2D eigenvalue weighted by atomic mass is 32.2. The molecule has 0 aliphatic carbocycles. The van der Waals surface area contributed by atoms with Gasteiger partial charge in [-0.1, -0.05) is 12.1 Å². The maximum Gasteiger partial charge on any atom is 0.261 e. The van der Waals surface area contributed by atoms with Crippen LogP contribution >= 0.6 is 0 Å². The van der Waals surface area contributed by atoms with Crippen molar-refractivity contribution < 1.29 is 17.9 Å². The molecule has 1 fully saturated rings. The number of rotatable bonds is 7. The summed E-state index contributed by atoms with van der Waals surface area (Å²) in [6.45, 7) is 7.76. The van der Waals surface area contributed by atoms with Gasteiger partial charge in [0.25, 0.3) is 10.0 Å². The van der Waals surface area contributed by atoms with Gasteiger partial charge in [0.2, 0.25) is 5.91 Å². The molecule has 0 unspecified atom stereocenters. The summed E-state index contributed by atoms with van der Waals surface area (Å²) in [4.78, 5) is 14.3. The largest absolute Gasteiger partial charge is 0.493 e. The zero-order valence-corrected chi connectivity index (χ0v) is 18.0. The summed E-state index contributed by atoms with van der Waals surface area (Å²) in [7, 11) is -3.72. The van der Waals surface area contributed by atoms with E-state index in [2.05, 4.69) is 4.72 Å². The fourth-order valence-corrected chi connectivity index (χ4v) is 4.82. The lowest BCUT2D eigenvalue weighted by molar-refractivity contribution is -0.129. The van der Waals surface area contributed by atoms with Crippen LogP contribution in [-0.2, 0) is 21.2 Å². The SMILES string of the molecule is CCOc1c(C)cc(S(=O)(=O)Nc2ccc(CC(=O)N3CCCC3)cc2)cc1C. The molecule has 0 aromatic heterocycles. The van der Waals surface area contributed by atoms with Gasteiger partial charge in [-0.25, -0.2) is 8.42 Å². The number of hydrogen-bond acceptors (Lipinski definition) is 4. The van der Waals surface area contributed by atoms with E-state index in [-0.39, 0.29) is 10.8 Å². The Hall–Kier alpha value is -2.54. The van der Waals surface area contributed by atoms with Crippen LogP contribution in [0.2, 0.25) is 0 Å². The number of anilines is 1. The summed E-state index contributed by atoms with van der Waals surface area (Å²) in [6, 6.07) is 10.2. The number of amides is 1. The van der Waals surface area contributed by atoms with E-state index in [9.17, 15) is 13.2 Å². The molecule has 1 saturated heterocycles. The summed E-state index contributed by atoms with van der Waals surface area (Å²) in [6.07, 6.45) is 2.47. The fraction of sp³-hybridized carbons (Fsp3) is 0.409. The minimum absolute atomic E-state index is 0.121. The van der Waals surface area contributed by atoms with Crippen LogP contribution in [0.1, 0.15) is 36.5 Å². The van der Waals surface area contributed by atoms with E-state index in [1.165, 1.54) is 0 Å². The second-order valence-electron chi connectivity index (χ2n) is 7.39. The highest BCUT2D eigenvalue weighted by Gasteiger charge is 2.19. The smallest absolute Gasteiger partial charge is 0.261 e. The first-order valence-electron chi connectivity index (χ1n) is 9.93. The summed E-state index contributed by atoms with van der Waals surface area (Å²) in [5.74, 6) is 0.842. The molecule has 2 aromatic carbocycles. The Bertz CT molecular complexity index is 955. The van der Waals surface area contributed by atoms with Gasteiger partial charge in [-0.2, -0.15) is 0 Å². The van der Waals surface area contributed by atoms with Crippen molar-refractivity contribution in [3.8, 4) is 5.75 Å². The number of benzene rings is 2. The number of aryl methyl sites for hydroxylation is 2. The third-order valence-electron chi connectivity index (χ3n) is 5.05. The average molecular weight is 417 g/mol. The molecule has 156 valence electrons. The summed E-state index contributed by atoms with van der Waals surface area (Å²) in [5, 5.41) is 0. The van der Waals surface area contributed by atoms with Gasteiger partial charge in [0.15, 0.2) is 0 Å². The first-order valence-corrected chi connectivity index (χ1v) is 11.4. The molecule has 0 spiro atoms. The number of sulfonamides is 1. The van der Waals surface area contributed by atoms with Crippen LogP contribution in [0.4, 0.5) is 5.69 Å². The van der Waals surface area contributed by atoms with Gasteiger partial charge in [0.05, 0.1) is 17.9 Å². The number of nitrogens with one attached hydrogen (secondary N) is 1. The fourth-order valence-electron chi connectivity index (χ4n) is 3.60. The third kappa shape index (κ3) is 5.09. The molecule has 1 N–H and O–H groups in total. The lowest BCUT2D eigenvalue weighted by atomic mass is 10.1. The molecule has 1 aliphatic rings. The summed E-state index contributed by atoms with van der Waals surface area (Å²) < 4.78 is 33.8. The van der Waals surface area contributed by atoms with Crippen molar-refractivity contribution in [1.82, 2.24) is 4.90 Å². The zero-order chi connectivity index (χ0) is 21.0. The van der Waals surface area contributed by atoms with Gasteiger partial charge in [0, 0.05) is 18.8 Å². The third-order valence-corrected chi connectivity index (χ3v) is 6.41. The lowest BCUT2D eigenvalue weighted by Crippen LogP contribution is -2.29. The second-order valence-corrected chi connectivity index (χ2v) is 9.07. The quantitative estimate of drug-likeness (QED) is 0.747. The molecule has 6 nitrogen and oxygen atoms in total. The van der Waals surface area contributed by atoms with E-state index in [1.54, 1.807) is 36.4 Å². The topological polar surface area (TPSA) is 75.7 Å². The highest BCUT2D eigenvalue weighted by Crippen LogP contribution is 2.28. The van der Waals surface area contributed by atoms with Gasteiger partial charge in [0.1, 0.15) is 5.75 Å². The number of nitrogens with zero attached hydrogens (tertiary/aromatic N) is 1. The molecular formula is C22H28N2O4S. The van der Waals surface area contributed by atoms with Gasteiger partial charge in [-0.3, -0.25) is 9.52 Å². The van der Waals surface area contributed by atoms with Gasteiger partial charge in [-0.15, -0.1) is 0 Å². The molecule has 2 aromatic rings. The maximum atomic E-state index is 12.8. The number of hydrogen-bond donors (Lipinski definition) is 1. The minimum atomic E-state index is -3.72. The predicted octanol–water partition coefficient (Wildman–Crippen LogP) is 3.67. The van der Waals surface area contributed by atoms with E-state index in [1.807, 2.05) is 25.7 Å². The Kier molecular flexibility index (Phi) is 6.47. The van der Waals surface area contributed by atoms with E-state index >= 15 is 0 Å². The first-order chi connectivity index (χ1) is 13.8. The Morgan fingerprint density at radius 3 is 2.21 bits per heavy atom. The van der Waals surface area contributed by atoms with Crippen molar-refractivity contribution >= 4 is 21.6 Å². The van der Waals surface area contributed by atoms with E-state index in [4.69, 9.17) is 4.74 Å². The molecule has 3 rings (SSSR count). The molecular weight excluding hydrogens is 388 g/mol. The molecule has 0 radical (unpaired) electrons. The van der Waals surface area contributed by atoms with Gasteiger partial charge in [-0.05, 0) is 74.6 Å². The first kappa shape index (κ1) is 21.2. The van der Waals surface area contributed by atoms with Crippen LogP contribution in [0.25, 0.3) is 0 Å². The Morgan fingerprint density at radius 1 is 1.07 bits per heavy atom. The molecule has 29 heavy (non-hydrogen) atoms. The van der Waals surface area contributed by atoms with Crippen molar-refractivity contribution in [1.29, 1.82) is 0 Å². The van der Waals surface area contributed by atoms with Crippen LogP contribution in [0.15, 0.2) is 41.3 Å². The van der Waals surface area contributed by atoms with Crippen molar-refractivity contribution in [2.24, 2.45) is 0 Å². The summed E-state index contributed by atoms with van der Waals surface area (Å²) in [5.41, 5.74) is 2.90. The van der Waals surface area contributed by atoms with Crippen LogP contribution in [0.3, 0.4) is 0 Å². The lowest BCUT2D eigenvalue weighted by Gasteiger charge is -2.16. The molecule has 1 heterocycles. The standard InChI is InChI=1S/C22H28N2O4S/c1-4-28-22-16(2)13-20(14-17(22)3)29(26,27)23-19-9-7-18(8-10-19)15-21(25)24-11-5-6-12-24/h7-10,13-14,23H,4-6,11-12,15H2,1-3H3. The van der Waals surface area contributed by atoms with Crippen molar-refractivity contribution in [3.05, 3.63) is 53.1 Å². The normalized spacial score (nSPS) is 14.1. The molecule has 7 heteroatoms. The van der Waals surface area contributed by atoms with E-state index in [0.29, 0.717) is 18.7 Å². The minimum Gasteiger partial charge on any atom is -0.493 e. The Balaban J connectivity index is 1.71. The summed E-state index contributed by atoms with van der Waals surface area (Å²) >= 11 is 0.